The third kappa shape index (κ3) is 5.08. The van der Waals surface area contributed by atoms with Crippen LogP contribution in [0.2, 0.25) is 0 Å². The summed E-state index contributed by atoms with van der Waals surface area (Å²) in [5, 5.41) is 5.12. The van der Waals surface area contributed by atoms with Crippen molar-refractivity contribution in [1.29, 1.82) is 0 Å². The predicted octanol–water partition coefficient (Wildman–Crippen LogP) is 3.58. The molecule has 0 aliphatic heterocycles. The number of rotatable bonds is 7. The lowest BCUT2D eigenvalue weighted by atomic mass is 10.1. The zero-order chi connectivity index (χ0) is 16.7. The summed E-state index contributed by atoms with van der Waals surface area (Å²) in [5.41, 5.74) is 1.21. The average Bonchev–Trinajstić information content (AvgIpc) is 3.06. The van der Waals surface area contributed by atoms with Crippen LogP contribution < -0.4 is 5.32 Å². The molecule has 1 unspecified atom stereocenters. The van der Waals surface area contributed by atoms with E-state index in [0.717, 1.165) is 0 Å². The molecule has 1 aromatic heterocycles. The number of likely N-dealkylation sites (N-methyl/N-ethyl adjacent to an activating group) is 1. The highest BCUT2D eigenvalue weighted by molar-refractivity contribution is 7.09. The fourth-order valence-electron chi connectivity index (χ4n) is 2.49. The van der Waals surface area contributed by atoms with E-state index >= 15 is 0 Å². The maximum atomic E-state index is 12.5. The van der Waals surface area contributed by atoms with E-state index in [4.69, 9.17) is 0 Å². The molecule has 0 saturated heterocycles. The minimum absolute atomic E-state index is 0.0105. The second-order valence-corrected chi connectivity index (χ2v) is 6.70. The maximum absolute atomic E-state index is 12.5. The van der Waals surface area contributed by atoms with Gasteiger partial charge in [0.2, 0.25) is 0 Å². The molecule has 0 bridgehead atoms. The van der Waals surface area contributed by atoms with Gasteiger partial charge in [0.1, 0.15) is 0 Å². The van der Waals surface area contributed by atoms with Gasteiger partial charge in [0.05, 0.1) is 12.6 Å². The van der Waals surface area contributed by atoms with Gasteiger partial charge < -0.3 is 15.1 Å². The van der Waals surface area contributed by atoms with Crippen LogP contribution in [-0.4, -0.2) is 43.0 Å². The molecule has 2 amide bonds. The first kappa shape index (κ1) is 17.5. The number of carbonyl (C=O) groups excluding carboxylic acids is 1. The molecule has 2 rings (SSSR count). The number of urea groups is 1. The van der Waals surface area contributed by atoms with Gasteiger partial charge in [0.25, 0.3) is 0 Å². The van der Waals surface area contributed by atoms with Crippen LogP contribution in [0.15, 0.2) is 47.8 Å². The number of nitrogens with zero attached hydrogens (tertiary/aromatic N) is 2. The number of thiophene rings is 1. The van der Waals surface area contributed by atoms with E-state index in [9.17, 15) is 4.79 Å². The lowest BCUT2D eigenvalue weighted by molar-refractivity contribution is 0.193. The highest BCUT2D eigenvalue weighted by atomic mass is 32.1. The summed E-state index contributed by atoms with van der Waals surface area (Å²) in [4.78, 5) is 17.6. The largest absolute Gasteiger partial charge is 0.336 e. The summed E-state index contributed by atoms with van der Waals surface area (Å²) < 4.78 is 0. The van der Waals surface area contributed by atoms with Gasteiger partial charge in [-0.3, -0.25) is 0 Å². The molecule has 0 saturated carbocycles. The first-order chi connectivity index (χ1) is 11.1. The van der Waals surface area contributed by atoms with Gasteiger partial charge >= 0.3 is 6.03 Å². The molecule has 2 aromatic rings. The van der Waals surface area contributed by atoms with Crippen LogP contribution >= 0.6 is 11.3 Å². The quantitative estimate of drug-likeness (QED) is 0.842. The van der Waals surface area contributed by atoms with Crippen molar-refractivity contribution in [3.63, 3.8) is 0 Å². The van der Waals surface area contributed by atoms with Gasteiger partial charge in [-0.2, -0.15) is 0 Å². The average molecular weight is 331 g/mol. The Morgan fingerprint density at radius 1 is 1.17 bits per heavy atom. The Labute approximate surface area is 142 Å². The Balaban J connectivity index is 1.95. The lowest BCUT2D eigenvalue weighted by Gasteiger charge is -2.27. The van der Waals surface area contributed by atoms with Gasteiger partial charge in [-0.25, -0.2) is 4.79 Å². The van der Waals surface area contributed by atoms with Crippen molar-refractivity contribution in [3.05, 3.63) is 58.3 Å². The molecule has 1 N–H and O–H groups in total. The van der Waals surface area contributed by atoms with Crippen LogP contribution in [-0.2, 0) is 6.54 Å². The van der Waals surface area contributed by atoms with Gasteiger partial charge in [-0.05, 0) is 38.0 Å². The number of hydrogen-bond donors (Lipinski definition) is 1. The molecule has 4 nitrogen and oxygen atoms in total. The van der Waals surface area contributed by atoms with E-state index in [-0.39, 0.29) is 12.1 Å². The normalized spacial score (nSPS) is 12.2. The third-order valence-corrected chi connectivity index (χ3v) is 4.71. The minimum atomic E-state index is -0.0105. The second kappa shape index (κ2) is 8.70. The molecule has 0 fully saturated rings. The van der Waals surface area contributed by atoms with Crippen LogP contribution in [0.4, 0.5) is 4.79 Å². The molecular formula is C18H25N3OS. The SMILES string of the molecule is CCN(Cc1cccs1)C(=O)NCC(c1ccccc1)N(C)C. The van der Waals surface area contributed by atoms with Crippen molar-refractivity contribution < 1.29 is 4.79 Å². The van der Waals surface area contributed by atoms with E-state index < -0.39 is 0 Å². The summed E-state index contributed by atoms with van der Waals surface area (Å²) in [7, 11) is 4.07. The predicted molar refractivity (Wildman–Crippen MR) is 96.7 cm³/mol. The zero-order valence-corrected chi connectivity index (χ0v) is 14.8. The number of carbonyl (C=O) groups is 1. The van der Waals surface area contributed by atoms with Gasteiger partial charge in [-0.1, -0.05) is 36.4 Å². The van der Waals surface area contributed by atoms with Gasteiger partial charge in [0, 0.05) is 18.0 Å². The Bertz CT molecular complexity index is 584. The van der Waals surface area contributed by atoms with Crippen molar-refractivity contribution in [1.82, 2.24) is 15.1 Å². The number of nitrogens with one attached hydrogen (secondary N) is 1. The summed E-state index contributed by atoms with van der Waals surface area (Å²) in [5.74, 6) is 0. The number of amides is 2. The van der Waals surface area contributed by atoms with E-state index in [1.54, 1.807) is 11.3 Å². The number of hydrogen-bond acceptors (Lipinski definition) is 3. The molecule has 124 valence electrons. The van der Waals surface area contributed by atoms with E-state index in [1.807, 2.05) is 55.6 Å². The van der Waals surface area contributed by atoms with Crippen LogP contribution in [0.3, 0.4) is 0 Å². The molecule has 0 aliphatic rings. The molecular weight excluding hydrogens is 306 g/mol. The fourth-order valence-corrected chi connectivity index (χ4v) is 3.21. The Kier molecular flexibility index (Phi) is 6.62. The molecule has 0 spiro atoms. The summed E-state index contributed by atoms with van der Waals surface area (Å²) in [6.45, 7) is 3.96. The van der Waals surface area contributed by atoms with Crippen LogP contribution in [0.5, 0.6) is 0 Å². The molecule has 23 heavy (non-hydrogen) atoms. The summed E-state index contributed by atoms with van der Waals surface area (Å²) in [6, 6.07) is 14.5. The maximum Gasteiger partial charge on any atom is 0.317 e. The standard InChI is InChI=1S/C18H25N3OS/c1-4-21(14-16-11-8-12-23-16)18(22)19-13-17(20(2)3)15-9-6-5-7-10-15/h5-12,17H,4,13-14H2,1-3H3,(H,19,22). The first-order valence-electron chi connectivity index (χ1n) is 7.88. The van der Waals surface area contributed by atoms with E-state index in [1.165, 1.54) is 10.4 Å². The summed E-state index contributed by atoms with van der Waals surface area (Å²) >= 11 is 1.68. The van der Waals surface area contributed by atoms with Crippen molar-refractivity contribution in [2.45, 2.75) is 19.5 Å². The lowest BCUT2D eigenvalue weighted by Crippen LogP contribution is -2.42. The molecule has 1 aromatic carbocycles. The fraction of sp³-hybridized carbons (Fsp3) is 0.389. The Morgan fingerprint density at radius 3 is 2.48 bits per heavy atom. The van der Waals surface area contributed by atoms with Crippen molar-refractivity contribution in [2.75, 3.05) is 27.2 Å². The van der Waals surface area contributed by atoms with Gasteiger partial charge in [-0.15, -0.1) is 11.3 Å². The molecule has 1 atom stereocenters. The number of benzene rings is 1. The smallest absolute Gasteiger partial charge is 0.317 e. The minimum Gasteiger partial charge on any atom is -0.336 e. The van der Waals surface area contributed by atoms with Crippen molar-refractivity contribution in [2.24, 2.45) is 0 Å². The molecule has 0 aliphatic carbocycles. The van der Waals surface area contributed by atoms with Crippen LogP contribution in [0, 0.1) is 0 Å². The van der Waals surface area contributed by atoms with Crippen molar-refractivity contribution >= 4 is 17.4 Å². The Morgan fingerprint density at radius 2 is 1.91 bits per heavy atom. The van der Waals surface area contributed by atoms with Crippen LogP contribution in [0.1, 0.15) is 23.4 Å². The highest BCUT2D eigenvalue weighted by Crippen LogP contribution is 2.17. The van der Waals surface area contributed by atoms with Gasteiger partial charge in [0.15, 0.2) is 0 Å². The first-order valence-corrected chi connectivity index (χ1v) is 8.76. The molecule has 1 heterocycles. The van der Waals surface area contributed by atoms with Crippen molar-refractivity contribution in [3.8, 4) is 0 Å². The molecule has 5 heteroatoms. The second-order valence-electron chi connectivity index (χ2n) is 5.67. The third-order valence-electron chi connectivity index (χ3n) is 3.85. The topological polar surface area (TPSA) is 35.6 Å². The van der Waals surface area contributed by atoms with Crippen LogP contribution in [0.25, 0.3) is 0 Å². The monoisotopic (exact) mass is 331 g/mol. The Hall–Kier alpha value is -1.85. The zero-order valence-electron chi connectivity index (χ0n) is 14.0. The highest BCUT2D eigenvalue weighted by Gasteiger charge is 2.17. The van der Waals surface area contributed by atoms with E-state index in [0.29, 0.717) is 19.6 Å². The molecule has 0 radical (unpaired) electrons. The van der Waals surface area contributed by atoms with E-state index in [2.05, 4.69) is 28.4 Å². The summed E-state index contributed by atoms with van der Waals surface area (Å²) in [6.07, 6.45) is 0.